The van der Waals surface area contributed by atoms with E-state index in [1.165, 1.54) is 6.20 Å². The summed E-state index contributed by atoms with van der Waals surface area (Å²) < 4.78 is 7.74. The third-order valence-electron chi connectivity index (χ3n) is 6.00. The van der Waals surface area contributed by atoms with Crippen molar-refractivity contribution < 1.29 is 14.6 Å². The summed E-state index contributed by atoms with van der Waals surface area (Å²) >= 11 is 0. The zero-order valence-electron chi connectivity index (χ0n) is 18.6. The molecule has 1 atom stereocenters. The van der Waals surface area contributed by atoms with Crippen molar-refractivity contribution in [2.45, 2.75) is 32.0 Å². The molecule has 0 aliphatic carbocycles. The summed E-state index contributed by atoms with van der Waals surface area (Å²) in [5.41, 5.74) is 3.20. The maximum atomic E-state index is 13.2. The van der Waals surface area contributed by atoms with Crippen LogP contribution in [0.3, 0.4) is 0 Å². The highest BCUT2D eigenvalue weighted by molar-refractivity contribution is 6.09. The predicted octanol–water partition coefficient (Wildman–Crippen LogP) is 1.81. The van der Waals surface area contributed by atoms with Crippen molar-refractivity contribution in [3.05, 3.63) is 47.9 Å². The second-order valence-corrected chi connectivity index (χ2v) is 9.28. The number of rotatable bonds is 3. The summed E-state index contributed by atoms with van der Waals surface area (Å²) in [6.07, 6.45) is 5.20. The van der Waals surface area contributed by atoms with Crippen molar-refractivity contribution in [3.63, 3.8) is 0 Å². The van der Waals surface area contributed by atoms with Gasteiger partial charge in [-0.25, -0.2) is 9.50 Å². The fourth-order valence-corrected chi connectivity index (χ4v) is 4.54. The van der Waals surface area contributed by atoms with Gasteiger partial charge in [0.15, 0.2) is 5.65 Å². The molecule has 2 aliphatic heterocycles. The number of nitrogens with zero attached hydrogens (tertiary/aromatic N) is 5. The van der Waals surface area contributed by atoms with Gasteiger partial charge < -0.3 is 25.0 Å². The largest absolute Gasteiger partial charge is 0.487 e. The molecule has 1 aromatic carbocycles. The lowest BCUT2D eigenvalue weighted by Gasteiger charge is -2.27. The number of nitrogens with one attached hydrogen (secondary N) is 1. The van der Waals surface area contributed by atoms with E-state index in [-0.39, 0.29) is 11.5 Å². The molecule has 2 aliphatic rings. The second-order valence-electron chi connectivity index (χ2n) is 9.28. The van der Waals surface area contributed by atoms with E-state index in [2.05, 4.69) is 39.0 Å². The van der Waals surface area contributed by atoms with Crippen molar-refractivity contribution >= 4 is 22.9 Å². The van der Waals surface area contributed by atoms with Crippen molar-refractivity contribution in [1.82, 2.24) is 19.5 Å². The van der Waals surface area contributed by atoms with Gasteiger partial charge in [-0.15, -0.1) is 0 Å². The smallest absolute Gasteiger partial charge is 0.261 e. The summed E-state index contributed by atoms with van der Waals surface area (Å²) in [5.74, 6) is 0.554. The maximum absolute atomic E-state index is 13.2. The van der Waals surface area contributed by atoms with E-state index in [4.69, 9.17) is 4.74 Å². The summed E-state index contributed by atoms with van der Waals surface area (Å²) in [7, 11) is 2.00. The molecule has 1 unspecified atom stereocenters. The first-order valence-electron chi connectivity index (χ1n) is 10.9. The van der Waals surface area contributed by atoms with Crippen molar-refractivity contribution in [2.75, 3.05) is 43.4 Å². The van der Waals surface area contributed by atoms with Crippen LogP contribution in [0.25, 0.3) is 5.65 Å². The molecule has 1 saturated heterocycles. The molecule has 0 spiro atoms. The van der Waals surface area contributed by atoms with Crippen molar-refractivity contribution in [3.8, 4) is 5.75 Å². The fraction of sp³-hybridized carbons (Fsp3) is 0.435. The minimum absolute atomic E-state index is 0.273. The van der Waals surface area contributed by atoms with Crippen LogP contribution in [0.5, 0.6) is 5.75 Å². The van der Waals surface area contributed by atoms with Crippen LogP contribution in [0, 0.1) is 0 Å². The van der Waals surface area contributed by atoms with E-state index in [0.717, 1.165) is 36.5 Å². The third-order valence-corrected chi connectivity index (χ3v) is 6.00. The zero-order valence-corrected chi connectivity index (χ0v) is 18.6. The number of aliphatic hydroxyl groups excluding tert-OH is 1. The number of amides is 1. The number of benzene rings is 1. The van der Waals surface area contributed by atoms with Crippen LogP contribution < -0.4 is 15.0 Å². The number of ether oxygens (including phenoxy) is 1. The first-order chi connectivity index (χ1) is 15.3. The van der Waals surface area contributed by atoms with E-state index in [1.54, 1.807) is 23.0 Å². The molecule has 9 nitrogen and oxygen atoms in total. The Morgan fingerprint density at radius 3 is 2.97 bits per heavy atom. The van der Waals surface area contributed by atoms with Crippen LogP contribution in [0.1, 0.15) is 29.8 Å². The van der Waals surface area contributed by atoms with Crippen LogP contribution in [0.15, 0.2) is 36.8 Å². The molecular weight excluding hydrogens is 408 g/mol. The molecule has 2 aromatic heterocycles. The van der Waals surface area contributed by atoms with Gasteiger partial charge in [-0.3, -0.25) is 4.79 Å². The molecule has 9 heteroatoms. The maximum Gasteiger partial charge on any atom is 0.261 e. The van der Waals surface area contributed by atoms with Crippen LogP contribution >= 0.6 is 0 Å². The van der Waals surface area contributed by atoms with Gasteiger partial charge in [0, 0.05) is 56.6 Å². The summed E-state index contributed by atoms with van der Waals surface area (Å²) in [5, 5.41) is 17.8. The van der Waals surface area contributed by atoms with Crippen molar-refractivity contribution in [1.29, 1.82) is 0 Å². The van der Waals surface area contributed by atoms with Gasteiger partial charge in [-0.1, -0.05) is 0 Å². The topological polar surface area (TPSA) is 95.2 Å². The Labute approximate surface area is 186 Å². The van der Waals surface area contributed by atoms with Gasteiger partial charge in [-0.05, 0) is 33.0 Å². The van der Waals surface area contributed by atoms with Gasteiger partial charge in [-0.2, -0.15) is 5.10 Å². The number of carbonyl (C=O) groups excluding carboxylic acids is 1. The van der Waals surface area contributed by atoms with Crippen LogP contribution in [-0.2, 0) is 6.42 Å². The molecule has 2 N–H and O–H groups in total. The van der Waals surface area contributed by atoms with Gasteiger partial charge in [0.25, 0.3) is 5.91 Å². The number of aromatic nitrogens is 3. The summed E-state index contributed by atoms with van der Waals surface area (Å²) in [6.45, 7) is 6.75. The Morgan fingerprint density at radius 1 is 1.28 bits per heavy atom. The SMILES string of the molecule is CN1CCN(c2cc3c(cc2NC(=O)c2cnn4cccnc24)CC(C)(C)O3)CC(O)C1. The predicted molar refractivity (Wildman–Crippen MR) is 122 cm³/mol. The van der Waals surface area contributed by atoms with E-state index in [0.29, 0.717) is 30.0 Å². The van der Waals surface area contributed by atoms with Gasteiger partial charge in [0.05, 0.1) is 23.7 Å². The molecule has 5 rings (SSSR count). The van der Waals surface area contributed by atoms with Crippen LogP contribution in [0.4, 0.5) is 11.4 Å². The molecule has 3 aromatic rings. The Kier molecular flexibility index (Phi) is 5.02. The van der Waals surface area contributed by atoms with Gasteiger partial charge >= 0.3 is 0 Å². The Bertz CT molecular complexity index is 1170. The first kappa shape index (κ1) is 20.7. The zero-order chi connectivity index (χ0) is 22.5. The first-order valence-corrected chi connectivity index (χ1v) is 10.9. The highest BCUT2D eigenvalue weighted by Gasteiger charge is 2.33. The normalized spacial score (nSPS) is 20.6. The summed E-state index contributed by atoms with van der Waals surface area (Å²) in [4.78, 5) is 21.7. The molecule has 32 heavy (non-hydrogen) atoms. The Morgan fingerprint density at radius 2 is 2.12 bits per heavy atom. The fourth-order valence-electron chi connectivity index (χ4n) is 4.54. The minimum atomic E-state index is -0.486. The average molecular weight is 437 g/mol. The van der Waals surface area contributed by atoms with E-state index >= 15 is 0 Å². The highest BCUT2D eigenvalue weighted by atomic mass is 16.5. The lowest BCUT2D eigenvalue weighted by molar-refractivity contribution is 0.102. The Balaban J connectivity index is 1.52. The minimum Gasteiger partial charge on any atom is -0.487 e. The Hall–Kier alpha value is -3.17. The molecular formula is C23H28N6O3. The van der Waals surface area contributed by atoms with E-state index in [9.17, 15) is 9.90 Å². The number of carbonyl (C=O) groups is 1. The average Bonchev–Trinajstić information content (AvgIpc) is 3.24. The van der Waals surface area contributed by atoms with Crippen LogP contribution in [0.2, 0.25) is 0 Å². The number of hydrogen-bond acceptors (Lipinski definition) is 7. The number of fused-ring (bicyclic) bond motifs is 2. The van der Waals surface area contributed by atoms with E-state index < -0.39 is 6.10 Å². The van der Waals surface area contributed by atoms with E-state index in [1.807, 2.05) is 19.2 Å². The van der Waals surface area contributed by atoms with Crippen LogP contribution in [-0.4, -0.2) is 75.4 Å². The number of anilines is 2. The number of likely N-dealkylation sites (N-methyl/N-ethyl adjacent to an activating group) is 1. The molecule has 0 saturated carbocycles. The number of aliphatic hydroxyl groups is 1. The second kappa shape index (κ2) is 7.75. The quantitative estimate of drug-likeness (QED) is 0.647. The molecule has 0 bridgehead atoms. The lowest BCUT2D eigenvalue weighted by Crippen LogP contribution is -2.33. The highest BCUT2D eigenvalue weighted by Crippen LogP contribution is 2.42. The number of hydrogen-bond donors (Lipinski definition) is 2. The monoisotopic (exact) mass is 436 g/mol. The lowest BCUT2D eigenvalue weighted by atomic mass is 10.0. The summed E-state index contributed by atoms with van der Waals surface area (Å²) in [6, 6.07) is 5.76. The molecule has 168 valence electrons. The van der Waals surface area contributed by atoms with Gasteiger partial charge in [0.2, 0.25) is 0 Å². The standard InChI is InChI=1S/C23H28N6O3/c1-23(2)11-15-9-18(26-22(31)17-12-25-29-6-4-5-24-21(17)29)19(10-20(15)32-23)28-8-7-27(3)13-16(30)14-28/h4-6,9-10,12,16,30H,7-8,11,13-14H2,1-3H3,(H,26,31). The third kappa shape index (κ3) is 3.89. The molecule has 1 amide bonds. The molecule has 1 fully saturated rings. The molecule has 4 heterocycles. The number of β-amino-alcohol motifs (C(OH)–C–C–N with tert-alkyl or cyclic N) is 1. The molecule has 0 radical (unpaired) electrons. The van der Waals surface area contributed by atoms with Gasteiger partial charge in [0.1, 0.15) is 16.9 Å². The van der Waals surface area contributed by atoms with Crippen molar-refractivity contribution in [2.24, 2.45) is 0 Å².